The summed E-state index contributed by atoms with van der Waals surface area (Å²) in [6.07, 6.45) is 39.5. The molecule has 5 unspecified atom stereocenters. The van der Waals surface area contributed by atoms with Gasteiger partial charge in [-0.05, 0) is 51.4 Å². The number of allylic oxidation sites excluding steroid dienone is 4. The first-order valence-electron chi connectivity index (χ1n) is 22.1. The molecule has 0 bridgehead atoms. The molecule has 0 radical (unpaired) electrons. The Kier molecular flexibility index (Phi) is 32.9. The predicted octanol–water partition coefficient (Wildman–Crippen LogP) is 10.6. The van der Waals surface area contributed by atoms with Crippen LogP contribution in [0.4, 0.5) is 0 Å². The van der Waals surface area contributed by atoms with Crippen molar-refractivity contribution in [3.05, 3.63) is 36.5 Å². The van der Waals surface area contributed by atoms with Crippen molar-refractivity contribution >= 4 is 25.7 Å². The molecule has 0 amide bonds. The molecule has 1 fully saturated rings. The first kappa shape index (κ1) is 52.7. The number of unbranched alkanes of at least 4 members (excludes halogenated alkanes) is 18. The van der Waals surface area contributed by atoms with Gasteiger partial charge in [0.2, 0.25) is 0 Å². The molecule has 13 heteroatoms. The van der Waals surface area contributed by atoms with Crippen molar-refractivity contribution in [1.82, 2.24) is 0 Å². The molecule has 1 aliphatic rings. The third-order valence-corrected chi connectivity index (χ3v) is 10.7. The summed E-state index contributed by atoms with van der Waals surface area (Å²) in [4.78, 5) is 46.0. The van der Waals surface area contributed by atoms with E-state index in [9.17, 15) is 23.8 Å². The summed E-state index contributed by atoms with van der Waals surface area (Å²) < 4.78 is 38.4. The lowest BCUT2D eigenvalue weighted by molar-refractivity contribution is -0.161. The first-order valence-corrected chi connectivity index (χ1v) is 23.6. The highest BCUT2D eigenvalue weighted by molar-refractivity contribution is 7.47. The predicted molar refractivity (Wildman–Crippen MR) is 226 cm³/mol. The highest BCUT2D eigenvalue weighted by Gasteiger charge is 2.36. The molecule has 57 heavy (non-hydrogen) atoms. The van der Waals surface area contributed by atoms with Crippen molar-refractivity contribution in [1.29, 1.82) is 0 Å². The van der Waals surface area contributed by atoms with Gasteiger partial charge in [-0.1, -0.05) is 153 Å². The van der Waals surface area contributed by atoms with Crippen LogP contribution in [-0.4, -0.2) is 72.1 Å². The van der Waals surface area contributed by atoms with E-state index in [0.717, 1.165) is 44.9 Å². The third-order valence-electron chi connectivity index (χ3n) is 9.79. The number of epoxide rings is 1. The van der Waals surface area contributed by atoms with Crippen LogP contribution in [0.15, 0.2) is 36.5 Å². The fourth-order valence-electron chi connectivity index (χ4n) is 6.16. The Hall–Kier alpha value is -2.34. The smallest absolute Gasteiger partial charge is 0.472 e. The van der Waals surface area contributed by atoms with Crippen molar-refractivity contribution in [3.63, 3.8) is 0 Å². The van der Waals surface area contributed by atoms with Gasteiger partial charge in [-0.3, -0.25) is 23.4 Å². The Labute approximate surface area is 344 Å². The van der Waals surface area contributed by atoms with Crippen LogP contribution in [-0.2, 0) is 42.2 Å². The number of ether oxygens (including phenoxy) is 3. The average Bonchev–Trinajstić information content (AvgIpc) is 3.94. The number of carboxylic acid groups (broad SMARTS) is 1. The molecule has 1 aliphatic heterocycles. The second-order valence-corrected chi connectivity index (χ2v) is 16.7. The number of nitrogens with two attached hydrogens (primary N) is 1. The van der Waals surface area contributed by atoms with Gasteiger partial charge in [0.25, 0.3) is 0 Å². The number of esters is 2. The molecule has 4 N–H and O–H groups in total. The Morgan fingerprint density at radius 3 is 1.70 bits per heavy atom. The highest BCUT2D eigenvalue weighted by Crippen LogP contribution is 2.43. The summed E-state index contributed by atoms with van der Waals surface area (Å²) in [6.45, 7) is 2.71. The SMILES string of the molecule is CCCCC/C=C\C/C=C\CC1OC1C/C=C\CCCC(=O)OC(COC(=O)CCCCCCCCCCCCCCCCC)COP(=O)(O)OCC(N)C(=O)O. The van der Waals surface area contributed by atoms with Gasteiger partial charge >= 0.3 is 25.7 Å². The summed E-state index contributed by atoms with van der Waals surface area (Å²) in [5.41, 5.74) is 5.33. The maximum Gasteiger partial charge on any atom is 0.472 e. The molecular formula is C44H78NO11P. The quantitative estimate of drug-likeness (QED) is 0.0175. The van der Waals surface area contributed by atoms with Crippen LogP contribution in [0, 0.1) is 0 Å². The van der Waals surface area contributed by atoms with E-state index >= 15 is 0 Å². The van der Waals surface area contributed by atoms with E-state index in [1.807, 2.05) is 6.08 Å². The Morgan fingerprint density at radius 1 is 0.632 bits per heavy atom. The maximum atomic E-state index is 12.6. The van der Waals surface area contributed by atoms with Crippen molar-refractivity contribution in [2.45, 2.75) is 205 Å². The van der Waals surface area contributed by atoms with E-state index in [1.165, 1.54) is 89.9 Å². The lowest BCUT2D eigenvalue weighted by Crippen LogP contribution is -2.34. The molecule has 0 saturated carbocycles. The van der Waals surface area contributed by atoms with Crippen molar-refractivity contribution in [3.8, 4) is 0 Å². The number of hydrogen-bond donors (Lipinski definition) is 3. The fraction of sp³-hybridized carbons (Fsp3) is 0.795. The molecule has 0 spiro atoms. The second-order valence-electron chi connectivity index (χ2n) is 15.2. The van der Waals surface area contributed by atoms with Gasteiger partial charge in [-0.25, -0.2) is 4.57 Å². The van der Waals surface area contributed by atoms with Gasteiger partial charge in [0.1, 0.15) is 12.6 Å². The Morgan fingerprint density at radius 2 is 1.11 bits per heavy atom. The molecule has 1 saturated heterocycles. The molecule has 1 heterocycles. The van der Waals surface area contributed by atoms with Crippen LogP contribution >= 0.6 is 7.82 Å². The van der Waals surface area contributed by atoms with Gasteiger partial charge in [-0.15, -0.1) is 0 Å². The van der Waals surface area contributed by atoms with Crippen LogP contribution in [0.1, 0.15) is 181 Å². The molecule has 0 aromatic rings. The van der Waals surface area contributed by atoms with E-state index in [4.69, 9.17) is 29.6 Å². The normalized spacial score (nSPS) is 17.6. The summed E-state index contributed by atoms with van der Waals surface area (Å²) in [7, 11) is -4.74. The third kappa shape index (κ3) is 33.2. The van der Waals surface area contributed by atoms with E-state index in [1.54, 1.807) is 0 Å². The number of phosphoric ester groups is 1. The number of rotatable bonds is 40. The minimum absolute atomic E-state index is 0.0784. The molecule has 0 aromatic heterocycles. The zero-order valence-electron chi connectivity index (χ0n) is 35.4. The van der Waals surface area contributed by atoms with Crippen LogP contribution in [0.25, 0.3) is 0 Å². The number of carbonyl (C=O) groups excluding carboxylic acids is 2. The van der Waals surface area contributed by atoms with Crippen molar-refractivity contribution in [2.24, 2.45) is 5.73 Å². The molecule has 330 valence electrons. The number of phosphoric acid groups is 1. The van der Waals surface area contributed by atoms with Gasteiger partial charge in [0, 0.05) is 12.8 Å². The molecule has 5 atom stereocenters. The fourth-order valence-corrected chi connectivity index (χ4v) is 6.94. The standard InChI is InChI=1S/C44H78NO11P/c1-3-5-7-9-11-13-14-15-16-17-18-20-22-24-29-33-42(46)52-35-38(36-53-57(50,51)54-37-39(45)44(48)49)55-43(47)34-30-26-25-28-32-41-40(56-41)31-27-23-21-19-12-10-8-6-4-2/h12,19,23,25,27-28,38-41H,3-11,13-18,20-22,24,26,29-37,45H2,1-2H3,(H,48,49)(H,50,51)/b19-12-,27-23-,28-25-. The van der Waals surface area contributed by atoms with Crippen LogP contribution in [0.2, 0.25) is 0 Å². The number of aliphatic carboxylic acids is 1. The minimum atomic E-state index is -4.74. The molecule has 0 aromatic carbocycles. The van der Waals surface area contributed by atoms with E-state index in [2.05, 4.69) is 48.8 Å². The Balaban J connectivity index is 2.33. The van der Waals surface area contributed by atoms with Crippen LogP contribution in [0.3, 0.4) is 0 Å². The first-order chi connectivity index (χ1) is 27.6. The number of carbonyl (C=O) groups is 3. The van der Waals surface area contributed by atoms with Crippen LogP contribution in [0.5, 0.6) is 0 Å². The van der Waals surface area contributed by atoms with Gasteiger partial charge in [-0.2, -0.15) is 0 Å². The average molecular weight is 828 g/mol. The number of hydrogen-bond acceptors (Lipinski definition) is 10. The minimum Gasteiger partial charge on any atom is -0.480 e. The zero-order valence-corrected chi connectivity index (χ0v) is 36.3. The van der Waals surface area contributed by atoms with Crippen molar-refractivity contribution in [2.75, 3.05) is 19.8 Å². The van der Waals surface area contributed by atoms with Gasteiger partial charge in [0.05, 0.1) is 25.4 Å². The Bertz CT molecular complexity index is 1180. The maximum absolute atomic E-state index is 12.6. The largest absolute Gasteiger partial charge is 0.480 e. The topological polar surface area (TPSA) is 184 Å². The van der Waals surface area contributed by atoms with E-state index in [-0.39, 0.29) is 31.7 Å². The molecule has 12 nitrogen and oxygen atoms in total. The molecule has 0 aliphatic carbocycles. The van der Waals surface area contributed by atoms with Crippen molar-refractivity contribution < 1.29 is 52.2 Å². The van der Waals surface area contributed by atoms with E-state index in [0.29, 0.717) is 19.3 Å². The summed E-state index contributed by atoms with van der Waals surface area (Å²) in [6, 6.07) is -1.53. The van der Waals surface area contributed by atoms with Crippen LogP contribution < -0.4 is 5.73 Å². The van der Waals surface area contributed by atoms with Gasteiger partial charge < -0.3 is 29.9 Å². The van der Waals surface area contributed by atoms with Gasteiger partial charge in [0.15, 0.2) is 6.10 Å². The summed E-state index contributed by atoms with van der Waals surface area (Å²) in [5.74, 6) is -2.46. The summed E-state index contributed by atoms with van der Waals surface area (Å²) >= 11 is 0. The highest BCUT2D eigenvalue weighted by atomic mass is 31.2. The number of carboxylic acids is 1. The summed E-state index contributed by atoms with van der Waals surface area (Å²) in [5, 5.41) is 8.89. The molecule has 1 rings (SSSR count). The lowest BCUT2D eigenvalue weighted by atomic mass is 10.0. The zero-order chi connectivity index (χ0) is 41.8. The molecular weight excluding hydrogens is 749 g/mol. The second kappa shape index (κ2) is 35.6. The monoisotopic (exact) mass is 828 g/mol. The lowest BCUT2D eigenvalue weighted by Gasteiger charge is -2.20. The van der Waals surface area contributed by atoms with E-state index < -0.39 is 51.1 Å².